The summed E-state index contributed by atoms with van der Waals surface area (Å²) in [5.41, 5.74) is 4.15. The summed E-state index contributed by atoms with van der Waals surface area (Å²) in [5, 5.41) is 3.13. The van der Waals surface area contributed by atoms with Crippen LogP contribution in [0.5, 0.6) is 17.2 Å². The normalized spacial score (nSPS) is 17.7. The predicted octanol–water partition coefficient (Wildman–Crippen LogP) is 5.41. The van der Waals surface area contributed by atoms with Gasteiger partial charge >= 0.3 is 0 Å². The van der Waals surface area contributed by atoms with Crippen molar-refractivity contribution in [1.82, 2.24) is 10.2 Å². The molecule has 0 radical (unpaired) electrons. The van der Waals surface area contributed by atoms with Crippen LogP contribution in [-0.2, 0) is 17.8 Å². The van der Waals surface area contributed by atoms with Gasteiger partial charge in [-0.3, -0.25) is 9.59 Å². The number of benzene rings is 3. The molecule has 7 nitrogen and oxygen atoms in total. The molecule has 198 valence electrons. The molecule has 2 aliphatic rings. The molecular weight excluding hydrogens is 548 g/mol. The maximum absolute atomic E-state index is 14.0. The zero-order valence-electron chi connectivity index (χ0n) is 21.8. The number of halogens is 1. The zero-order chi connectivity index (χ0) is 26.8. The van der Waals surface area contributed by atoms with Crippen LogP contribution in [0.2, 0.25) is 0 Å². The van der Waals surface area contributed by atoms with Gasteiger partial charge in [0.2, 0.25) is 5.91 Å². The highest BCUT2D eigenvalue weighted by Crippen LogP contribution is 2.48. The third-order valence-corrected chi connectivity index (χ3v) is 7.66. The van der Waals surface area contributed by atoms with Gasteiger partial charge in [-0.2, -0.15) is 0 Å². The second-order valence-electron chi connectivity index (χ2n) is 9.30. The molecule has 1 N–H and O–H groups in total. The number of carbonyl (C=O) groups excluding carboxylic acids is 2. The lowest BCUT2D eigenvalue weighted by atomic mass is 9.75. The standard InChI is InChI=1S/C30H31BrN2O5/c1-4-37-25-15-18-12-13-33-28(23(18)16-26(25)38-5-2)27(21-8-6-7-9-22(21)30(33)35)29(34)32-17-19-14-20(31)10-11-24(19)36-3/h6-11,14-16,27-28H,4-5,12-13,17H2,1-3H3,(H,32,34)/t27-,28+/m1/s1. The Hall–Kier alpha value is -3.52. The van der Waals surface area contributed by atoms with Crippen molar-refractivity contribution in [3.05, 3.63) is 86.9 Å². The van der Waals surface area contributed by atoms with Crippen molar-refractivity contribution < 1.29 is 23.8 Å². The summed E-state index contributed by atoms with van der Waals surface area (Å²) in [6.07, 6.45) is 0.676. The van der Waals surface area contributed by atoms with Gasteiger partial charge in [0, 0.05) is 28.7 Å². The van der Waals surface area contributed by atoms with Gasteiger partial charge in [0.1, 0.15) is 5.75 Å². The molecule has 0 unspecified atom stereocenters. The Labute approximate surface area is 231 Å². The van der Waals surface area contributed by atoms with Gasteiger partial charge < -0.3 is 24.4 Å². The summed E-state index contributed by atoms with van der Waals surface area (Å²) in [4.78, 5) is 29.5. The fourth-order valence-corrected chi connectivity index (χ4v) is 5.94. The first kappa shape index (κ1) is 26.1. The second kappa shape index (κ2) is 11.1. The van der Waals surface area contributed by atoms with Crippen LogP contribution < -0.4 is 19.5 Å². The monoisotopic (exact) mass is 578 g/mol. The molecule has 0 bridgehead atoms. The highest BCUT2D eigenvalue weighted by Gasteiger charge is 2.46. The molecule has 0 aliphatic carbocycles. The van der Waals surface area contributed by atoms with Crippen LogP contribution in [0.25, 0.3) is 0 Å². The first-order chi connectivity index (χ1) is 18.5. The summed E-state index contributed by atoms with van der Waals surface area (Å²) in [7, 11) is 1.61. The molecule has 2 heterocycles. The van der Waals surface area contributed by atoms with Crippen LogP contribution >= 0.6 is 15.9 Å². The third kappa shape index (κ3) is 4.73. The highest BCUT2D eigenvalue weighted by atomic mass is 79.9. The Morgan fingerprint density at radius 1 is 1.00 bits per heavy atom. The van der Waals surface area contributed by atoms with Gasteiger partial charge in [-0.25, -0.2) is 0 Å². The number of fused-ring (bicyclic) bond motifs is 4. The molecule has 2 amide bonds. The molecule has 0 fully saturated rings. The molecule has 0 spiro atoms. The maximum atomic E-state index is 14.0. The van der Waals surface area contributed by atoms with E-state index in [0.29, 0.717) is 55.5 Å². The molecule has 5 rings (SSSR count). The van der Waals surface area contributed by atoms with Gasteiger partial charge in [-0.05, 0) is 73.4 Å². The molecule has 0 saturated heterocycles. The minimum absolute atomic E-state index is 0.0548. The lowest BCUT2D eigenvalue weighted by Crippen LogP contribution is -2.50. The summed E-state index contributed by atoms with van der Waals surface area (Å²) in [6, 6.07) is 16.6. The Kier molecular flexibility index (Phi) is 7.61. The number of nitrogens with one attached hydrogen (secondary N) is 1. The number of hydrogen-bond acceptors (Lipinski definition) is 5. The van der Waals surface area contributed by atoms with Crippen molar-refractivity contribution in [3.63, 3.8) is 0 Å². The number of amides is 2. The molecule has 3 aromatic rings. The summed E-state index contributed by atoms with van der Waals surface area (Å²) in [6.45, 7) is 5.68. The van der Waals surface area contributed by atoms with E-state index in [2.05, 4.69) is 21.2 Å². The van der Waals surface area contributed by atoms with Crippen molar-refractivity contribution in [3.8, 4) is 17.2 Å². The first-order valence-corrected chi connectivity index (χ1v) is 13.7. The minimum atomic E-state index is -0.589. The van der Waals surface area contributed by atoms with Gasteiger partial charge in [-0.1, -0.05) is 34.1 Å². The Bertz CT molecular complexity index is 1370. The average Bonchev–Trinajstić information content (AvgIpc) is 2.92. The number of hydrogen-bond donors (Lipinski definition) is 1. The van der Waals surface area contributed by atoms with E-state index in [4.69, 9.17) is 14.2 Å². The number of rotatable bonds is 8. The van der Waals surface area contributed by atoms with Crippen LogP contribution in [0, 0.1) is 0 Å². The number of nitrogens with zero attached hydrogens (tertiary/aromatic N) is 1. The smallest absolute Gasteiger partial charge is 0.254 e. The fourth-order valence-electron chi connectivity index (χ4n) is 5.53. The van der Waals surface area contributed by atoms with Crippen LogP contribution in [0.4, 0.5) is 0 Å². The Morgan fingerprint density at radius 3 is 2.47 bits per heavy atom. The number of carbonyl (C=O) groups is 2. The predicted molar refractivity (Wildman–Crippen MR) is 148 cm³/mol. The van der Waals surface area contributed by atoms with Gasteiger partial charge in [0.15, 0.2) is 11.5 Å². The average molecular weight is 579 g/mol. The summed E-state index contributed by atoms with van der Waals surface area (Å²) >= 11 is 3.50. The van der Waals surface area contributed by atoms with Crippen molar-refractivity contribution >= 4 is 27.7 Å². The Balaban J connectivity index is 1.57. The summed E-state index contributed by atoms with van der Waals surface area (Å²) in [5.74, 6) is 1.21. The molecule has 8 heteroatoms. The summed E-state index contributed by atoms with van der Waals surface area (Å²) < 4.78 is 18.2. The van der Waals surface area contributed by atoms with Gasteiger partial charge in [-0.15, -0.1) is 0 Å². The molecule has 3 aromatic carbocycles. The molecule has 0 saturated carbocycles. The molecule has 2 atom stereocenters. The van der Waals surface area contributed by atoms with Gasteiger partial charge in [0.25, 0.3) is 5.91 Å². The second-order valence-corrected chi connectivity index (χ2v) is 10.2. The zero-order valence-corrected chi connectivity index (χ0v) is 23.3. The van der Waals surface area contributed by atoms with E-state index in [1.165, 1.54) is 0 Å². The van der Waals surface area contributed by atoms with Crippen LogP contribution in [0.1, 0.15) is 58.4 Å². The van der Waals surface area contributed by atoms with Crippen LogP contribution in [0.3, 0.4) is 0 Å². The van der Waals surface area contributed by atoms with E-state index in [-0.39, 0.29) is 11.8 Å². The first-order valence-electron chi connectivity index (χ1n) is 12.9. The SMILES string of the molecule is CCOc1cc2c(cc1OCC)[C@H]1[C@H](C(=O)NCc3cc(Br)ccc3OC)c3ccccc3C(=O)N1CC2. The van der Waals surface area contributed by atoms with Crippen LogP contribution in [-0.4, -0.2) is 43.6 Å². The van der Waals surface area contributed by atoms with E-state index in [0.717, 1.165) is 26.7 Å². The van der Waals surface area contributed by atoms with Gasteiger partial charge in [0.05, 0.1) is 32.3 Å². The fraction of sp³-hybridized carbons (Fsp3) is 0.333. The molecule has 0 aromatic heterocycles. The van der Waals surface area contributed by atoms with Crippen molar-refractivity contribution in [2.24, 2.45) is 0 Å². The van der Waals surface area contributed by atoms with E-state index >= 15 is 0 Å². The third-order valence-electron chi connectivity index (χ3n) is 7.16. The quantitative estimate of drug-likeness (QED) is 0.387. The van der Waals surface area contributed by atoms with Crippen molar-refractivity contribution in [2.75, 3.05) is 26.9 Å². The lowest BCUT2D eigenvalue weighted by molar-refractivity contribution is -0.124. The van der Waals surface area contributed by atoms with E-state index < -0.39 is 12.0 Å². The lowest BCUT2D eigenvalue weighted by Gasteiger charge is -2.45. The van der Waals surface area contributed by atoms with E-state index in [1.54, 1.807) is 7.11 Å². The van der Waals surface area contributed by atoms with E-state index in [9.17, 15) is 9.59 Å². The van der Waals surface area contributed by atoms with Crippen LogP contribution in [0.15, 0.2) is 59.1 Å². The number of methoxy groups -OCH3 is 1. The molecule has 38 heavy (non-hydrogen) atoms. The topological polar surface area (TPSA) is 77.1 Å². The maximum Gasteiger partial charge on any atom is 0.254 e. The number of ether oxygens (including phenoxy) is 3. The Morgan fingerprint density at radius 2 is 1.74 bits per heavy atom. The van der Waals surface area contributed by atoms with Crippen molar-refractivity contribution in [2.45, 2.75) is 38.8 Å². The minimum Gasteiger partial charge on any atom is -0.496 e. The van der Waals surface area contributed by atoms with E-state index in [1.807, 2.05) is 73.3 Å². The largest absolute Gasteiger partial charge is 0.496 e. The molecular formula is C30H31BrN2O5. The molecule has 2 aliphatic heterocycles. The van der Waals surface area contributed by atoms with Crippen molar-refractivity contribution in [1.29, 1.82) is 0 Å². The highest BCUT2D eigenvalue weighted by molar-refractivity contribution is 9.10.